The van der Waals surface area contributed by atoms with Gasteiger partial charge in [-0.1, -0.05) is 11.6 Å². The maximum absolute atomic E-state index is 12.3. The summed E-state index contributed by atoms with van der Waals surface area (Å²) in [7, 11) is 4.70. The second-order valence-electron chi connectivity index (χ2n) is 5.41. The molecular formula is C19H17ClN2O4S. The number of carbonyl (C=O) groups is 1. The van der Waals surface area contributed by atoms with E-state index in [4.69, 9.17) is 25.8 Å². The van der Waals surface area contributed by atoms with Crippen molar-refractivity contribution in [3.8, 4) is 17.2 Å². The summed E-state index contributed by atoms with van der Waals surface area (Å²) in [5.41, 5.74) is 1.27. The number of aliphatic imine (C=N–C) groups is 1. The van der Waals surface area contributed by atoms with Gasteiger partial charge in [-0.05, 0) is 54.2 Å². The Balaban J connectivity index is 1.92. The van der Waals surface area contributed by atoms with Gasteiger partial charge in [0.25, 0.3) is 5.91 Å². The first-order valence-electron chi connectivity index (χ1n) is 7.89. The van der Waals surface area contributed by atoms with Crippen LogP contribution in [0.15, 0.2) is 46.3 Å². The van der Waals surface area contributed by atoms with Crippen LogP contribution >= 0.6 is 23.4 Å². The minimum absolute atomic E-state index is 0.246. The van der Waals surface area contributed by atoms with Crippen molar-refractivity contribution in [3.63, 3.8) is 0 Å². The van der Waals surface area contributed by atoms with Crippen molar-refractivity contribution in [1.29, 1.82) is 0 Å². The number of amides is 1. The number of rotatable bonds is 5. The molecule has 1 saturated heterocycles. The highest BCUT2D eigenvalue weighted by atomic mass is 35.5. The number of thioether (sulfide) groups is 1. The monoisotopic (exact) mass is 404 g/mol. The summed E-state index contributed by atoms with van der Waals surface area (Å²) in [5.74, 6) is 1.63. The van der Waals surface area contributed by atoms with E-state index in [-0.39, 0.29) is 5.91 Å². The largest absolute Gasteiger partial charge is 0.497 e. The van der Waals surface area contributed by atoms with Crippen LogP contribution in [0.25, 0.3) is 6.08 Å². The van der Waals surface area contributed by atoms with Crippen molar-refractivity contribution in [2.75, 3.05) is 21.3 Å². The molecule has 1 aliphatic rings. The number of methoxy groups -OCH3 is 3. The molecule has 0 unspecified atom stereocenters. The van der Waals surface area contributed by atoms with Gasteiger partial charge in [-0.2, -0.15) is 0 Å². The molecule has 2 aromatic carbocycles. The summed E-state index contributed by atoms with van der Waals surface area (Å²) in [4.78, 5) is 17.3. The third-order valence-corrected chi connectivity index (χ3v) is 4.88. The van der Waals surface area contributed by atoms with Crippen molar-refractivity contribution in [2.45, 2.75) is 0 Å². The number of amidine groups is 1. The molecule has 1 N–H and O–H groups in total. The highest BCUT2D eigenvalue weighted by molar-refractivity contribution is 8.18. The van der Waals surface area contributed by atoms with Gasteiger partial charge in [0.15, 0.2) is 5.17 Å². The summed E-state index contributed by atoms with van der Waals surface area (Å²) in [6.07, 6.45) is 1.74. The Bertz CT molecular complexity index is 943. The van der Waals surface area contributed by atoms with E-state index in [1.54, 1.807) is 63.8 Å². The first kappa shape index (κ1) is 19.1. The van der Waals surface area contributed by atoms with Crippen LogP contribution in [-0.2, 0) is 4.79 Å². The quantitative estimate of drug-likeness (QED) is 0.754. The van der Waals surface area contributed by atoms with Crippen LogP contribution in [-0.4, -0.2) is 32.4 Å². The molecule has 0 radical (unpaired) electrons. The fraction of sp³-hybridized carbons (Fsp3) is 0.158. The van der Waals surface area contributed by atoms with Gasteiger partial charge in [-0.3, -0.25) is 4.79 Å². The lowest BCUT2D eigenvalue weighted by molar-refractivity contribution is -0.115. The molecule has 6 nitrogen and oxygen atoms in total. The van der Waals surface area contributed by atoms with Gasteiger partial charge in [0, 0.05) is 10.6 Å². The topological polar surface area (TPSA) is 69.2 Å². The molecule has 3 rings (SSSR count). The molecule has 27 heavy (non-hydrogen) atoms. The lowest BCUT2D eigenvalue weighted by Crippen LogP contribution is -2.19. The van der Waals surface area contributed by atoms with E-state index in [0.29, 0.717) is 38.0 Å². The Morgan fingerprint density at radius 1 is 1.04 bits per heavy atom. The zero-order valence-electron chi connectivity index (χ0n) is 14.9. The average molecular weight is 405 g/mol. The fourth-order valence-electron chi connectivity index (χ4n) is 2.43. The summed E-state index contributed by atoms with van der Waals surface area (Å²) in [6, 6.07) is 10.5. The van der Waals surface area contributed by atoms with E-state index in [1.807, 2.05) is 0 Å². The lowest BCUT2D eigenvalue weighted by Gasteiger charge is -2.07. The van der Waals surface area contributed by atoms with Crippen LogP contribution in [0.4, 0.5) is 5.69 Å². The molecule has 1 fully saturated rings. The lowest BCUT2D eigenvalue weighted by atomic mass is 10.1. The minimum atomic E-state index is -0.246. The van der Waals surface area contributed by atoms with Crippen molar-refractivity contribution < 1.29 is 19.0 Å². The maximum atomic E-state index is 12.3. The van der Waals surface area contributed by atoms with Gasteiger partial charge in [-0.15, -0.1) is 0 Å². The van der Waals surface area contributed by atoms with Crippen LogP contribution in [0, 0.1) is 0 Å². The maximum Gasteiger partial charge on any atom is 0.264 e. The van der Waals surface area contributed by atoms with Gasteiger partial charge in [0.05, 0.1) is 26.2 Å². The number of halogens is 1. The average Bonchev–Trinajstić information content (AvgIpc) is 3.00. The molecular weight excluding hydrogens is 388 g/mol. The normalized spacial score (nSPS) is 16.5. The number of nitrogens with zero attached hydrogens (tertiary/aromatic N) is 1. The highest BCUT2D eigenvalue weighted by Gasteiger charge is 2.25. The van der Waals surface area contributed by atoms with Gasteiger partial charge in [-0.25, -0.2) is 4.99 Å². The smallest absolute Gasteiger partial charge is 0.264 e. The summed E-state index contributed by atoms with van der Waals surface area (Å²) >= 11 is 7.25. The number of ether oxygens (including phenoxy) is 3. The molecule has 2 aromatic rings. The second kappa shape index (κ2) is 8.37. The van der Waals surface area contributed by atoms with Gasteiger partial charge in [0.2, 0.25) is 0 Å². The molecule has 1 amide bonds. The first-order valence-corrected chi connectivity index (χ1v) is 9.08. The standard InChI is InChI=1S/C19H17ClN2O4S/c1-24-13-5-7-15(25-2)11(8-13)9-17-18(23)22-19(27-17)21-14-10-12(20)4-6-16(14)26-3/h4-10H,1-3H3,(H,21,22,23)/b17-9-. The predicted octanol–water partition coefficient (Wildman–Crippen LogP) is 4.26. The number of hydrogen-bond donors (Lipinski definition) is 1. The molecule has 8 heteroatoms. The number of nitrogens with one attached hydrogen (secondary N) is 1. The molecule has 0 aliphatic carbocycles. The van der Waals surface area contributed by atoms with Crippen molar-refractivity contribution in [2.24, 2.45) is 4.99 Å². The molecule has 140 valence electrons. The molecule has 1 aliphatic heterocycles. The molecule has 0 atom stereocenters. The molecule has 0 saturated carbocycles. The van der Waals surface area contributed by atoms with Crippen LogP contribution in [0.2, 0.25) is 5.02 Å². The molecule has 0 bridgehead atoms. The third-order valence-electron chi connectivity index (χ3n) is 3.74. The Morgan fingerprint density at radius 2 is 1.78 bits per heavy atom. The Labute approximate surface area is 166 Å². The predicted molar refractivity (Wildman–Crippen MR) is 108 cm³/mol. The SMILES string of the molecule is COc1ccc(OC)c(/C=C2\SC(=Nc3cc(Cl)ccc3OC)NC2=O)c1. The van der Waals surface area contributed by atoms with E-state index < -0.39 is 0 Å². The van der Waals surface area contributed by atoms with E-state index in [9.17, 15) is 4.79 Å². The second-order valence-corrected chi connectivity index (χ2v) is 6.87. The van der Waals surface area contributed by atoms with E-state index in [0.717, 1.165) is 5.56 Å². The summed E-state index contributed by atoms with van der Waals surface area (Å²) < 4.78 is 15.9. The first-order chi connectivity index (χ1) is 13.0. The Morgan fingerprint density at radius 3 is 2.48 bits per heavy atom. The number of benzene rings is 2. The molecule has 0 aromatic heterocycles. The Hall–Kier alpha value is -2.64. The third kappa shape index (κ3) is 4.37. The summed E-state index contributed by atoms with van der Waals surface area (Å²) in [6.45, 7) is 0. The fourth-order valence-corrected chi connectivity index (χ4v) is 3.43. The zero-order valence-corrected chi connectivity index (χ0v) is 16.5. The van der Waals surface area contributed by atoms with E-state index in [1.165, 1.54) is 11.8 Å². The van der Waals surface area contributed by atoms with Crippen LogP contribution < -0.4 is 19.5 Å². The number of carbonyl (C=O) groups excluding carboxylic acids is 1. The number of hydrogen-bond acceptors (Lipinski definition) is 6. The molecule has 1 heterocycles. The van der Waals surface area contributed by atoms with E-state index >= 15 is 0 Å². The van der Waals surface area contributed by atoms with E-state index in [2.05, 4.69) is 10.3 Å². The summed E-state index contributed by atoms with van der Waals surface area (Å²) in [5, 5.41) is 3.71. The van der Waals surface area contributed by atoms with Gasteiger partial charge >= 0.3 is 0 Å². The van der Waals surface area contributed by atoms with Gasteiger partial charge < -0.3 is 19.5 Å². The zero-order chi connectivity index (χ0) is 19.4. The van der Waals surface area contributed by atoms with Crippen molar-refractivity contribution >= 4 is 46.2 Å². The van der Waals surface area contributed by atoms with Crippen LogP contribution in [0.3, 0.4) is 0 Å². The van der Waals surface area contributed by atoms with Crippen molar-refractivity contribution in [3.05, 3.63) is 51.9 Å². The van der Waals surface area contributed by atoms with Crippen LogP contribution in [0.5, 0.6) is 17.2 Å². The highest BCUT2D eigenvalue weighted by Crippen LogP contribution is 2.35. The van der Waals surface area contributed by atoms with Crippen LogP contribution in [0.1, 0.15) is 5.56 Å². The van der Waals surface area contributed by atoms with Crippen molar-refractivity contribution in [1.82, 2.24) is 5.32 Å². The molecule has 0 spiro atoms. The van der Waals surface area contributed by atoms with Gasteiger partial charge in [0.1, 0.15) is 22.9 Å². The Kier molecular flexibility index (Phi) is 5.93. The minimum Gasteiger partial charge on any atom is -0.497 e.